The first-order valence-electron chi connectivity index (χ1n) is 13.8. The molecule has 2 aliphatic heterocycles. The zero-order valence-electron chi connectivity index (χ0n) is 22.8. The van der Waals surface area contributed by atoms with Gasteiger partial charge in [0.1, 0.15) is 30.7 Å². The number of hydrogen-bond acceptors (Lipinski definition) is 7. The molecule has 2 aliphatic rings. The standard InChI is InChI=1S/C32H37NO7/c1-36-26-17-15-25(16-18-26)30(34)29-31(40-28-14-8-9-19-37-28)27(38-21-23-10-4-2-5-11-23)20-33(29)32(35)39-22-24-12-6-3-7-13-24/h2-7,10-13,15-18,27-31,34H,8-9,14,19-22H2,1H3/t27-,28?,29+,30+,31+/m0/s1. The summed E-state index contributed by atoms with van der Waals surface area (Å²) in [6.45, 7) is 1.28. The highest BCUT2D eigenvalue weighted by molar-refractivity contribution is 5.69. The number of hydrogen-bond donors (Lipinski definition) is 1. The lowest BCUT2D eigenvalue weighted by molar-refractivity contribution is -0.215. The summed E-state index contributed by atoms with van der Waals surface area (Å²) in [5.74, 6) is 0.675. The number of ether oxygens (including phenoxy) is 5. The van der Waals surface area contributed by atoms with Gasteiger partial charge < -0.3 is 28.8 Å². The van der Waals surface area contributed by atoms with Crippen LogP contribution in [0.1, 0.15) is 42.1 Å². The van der Waals surface area contributed by atoms with Crippen molar-refractivity contribution in [3.63, 3.8) is 0 Å². The molecule has 5 atom stereocenters. The molecule has 40 heavy (non-hydrogen) atoms. The highest BCUT2D eigenvalue weighted by atomic mass is 16.7. The number of rotatable bonds is 10. The number of nitrogens with zero attached hydrogens (tertiary/aromatic N) is 1. The van der Waals surface area contributed by atoms with Crippen molar-refractivity contribution in [1.82, 2.24) is 4.90 Å². The van der Waals surface area contributed by atoms with E-state index in [1.807, 2.05) is 60.7 Å². The van der Waals surface area contributed by atoms with Gasteiger partial charge in [0.2, 0.25) is 0 Å². The molecular weight excluding hydrogens is 510 g/mol. The van der Waals surface area contributed by atoms with Crippen LogP contribution in [0.25, 0.3) is 0 Å². The molecule has 1 amide bonds. The minimum atomic E-state index is -1.06. The SMILES string of the molecule is COc1ccc([C@@H](O)[C@@H]2[C@H](OC3CCCCO3)[C@@H](OCc3ccccc3)CN2C(=O)OCc2ccccc2)cc1. The van der Waals surface area contributed by atoms with E-state index < -0.39 is 36.7 Å². The summed E-state index contributed by atoms with van der Waals surface area (Å²) in [4.78, 5) is 15.1. The smallest absolute Gasteiger partial charge is 0.410 e. The van der Waals surface area contributed by atoms with Gasteiger partial charge in [-0.3, -0.25) is 4.90 Å². The van der Waals surface area contributed by atoms with Gasteiger partial charge in [0.25, 0.3) is 0 Å². The van der Waals surface area contributed by atoms with Gasteiger partial charge in [-0.05, 0) is 48.1 Å². The van der Waals surface area contributed by atoms with Gasteiger partial charge in [0.15, 0.2) is 6.29 Å². The number of aliphatic hydroxyl groups is 1. The van der Waals surface area contributed by atoms with E-state index in [-0.39, 0.29) is 13.2 Å². The summed E-state index contributed by atoms with van der Waals surface area (Å²) in [5.41, 5.74) is 2.52. The fourth-order valence-corrected chi connectivity index (χ4v) is 5.25. The molecule has 2 heterocycles. The molecule has 8 nitrogen and oxygen atoms in total. The minimum Gasteiger partial charge on any atom is -0.497 e. The molecule has 0 spiro atoms. The molecule has 3 aromatic carbocycles. The van der Waals surface area contributed by atoms with Crippen LogP contribution in [0.4, 0.5) is 4.79 Å². The highest BCUT2D eigenvalue weighted by Crippen LogP contribution is 2.36. The lowest BCUT2D eigenvalue weighted by Crippen LogP contribution is -2.47. The molecule has 2 fully saturated rings. The number of aliphatic hydroxyl groups excluding tert-OH is 1. The van der Waals surface area contributed by atoms with Crippen LogP contribution in [0.5, 0.6) is 5.75 Å². The summed E-state index contributed by atoms with van der Waals surface area (Å²) in [6.07, 6.45) is -0.477. The van der Waals surface area contributed by atoms with Gasteiger partial charge >= 0.3 is 6.09 Å². The van der Waals surface area contributed by atoms with Crippen LogP contribution in [-0.4, -0.2) is 60.9 Å². The topological polar surface area (TPSA) is 86.7 Å². The molecule has 5 rings (SSSR count). The van der Waals surface area contributed by atoms with E-state index in [1.165, 1.54) is 0 Å². The second-order valence-corrected chi connectivity index (χ2v) is 10.1. The molecule has 0 aromatic heterocycles. The maximum absolute atomic E-state index is 13.6. The van der Waals surface area contributed by atoms with Crippen LogP contribution in [0.3, 0.4) is 0 Å². The van der Waals surface area contributed by atoms with Crippen molar-refractivity contribution in [2.24, 2.45) is 0 Å². The van der Waals surface area contributed by atoms with Crippen LogP contribution in [0.2, 0.25) is 0 Å². The third-order valence-electron chi connectivity index (χ3n) is 7.41. The molecule has 0 bridgehead atoms. The monoisotopic (exact) mass is 547 g/mol. The molecule has 3 aromatic rings. The maximum Gasteiger partial charge on any atom is 0.410 e. The lowest BCUT2D eigenvalue weighted by Gasteiger charge is -2.34. The van der Waals surface area contributed by atoms with E-state index in [4.69, 9.17) is 23.7 Å². The first-order valence-corrected chi connectivity index (χ1v) is 13.8. The molecule has 8 heteroatoms. The number of amides is 1. The first kappa shape index (κ1) is 28.1. The normalized spacial score (nSPS) is 23.5. The van der Waals surface area contributed by atoms with Crippen LogP contribution >= 0.6 is 0 Å². The van der Waals surface area contributed by atoms with Gasteiger partial charge in [0.05, 0.1) is 26.3 Å². The molecule has 0 aliphatic carbocycles. The largest absolute Gasteiger partial charge is 0.497 e. The van der Waals surface area contributed by atoms with Gasteiger partial charge in [-0.1, -0.05) is 72.8 Å². The number of carbonyl (C=O) groups excluding carboxylic acids is 1. The van der Waals surface area contributed by atoms with Crippen LogP contribution in [0.15, 0.2) is 84.9 Å². The van der Waals surface area contributed by atoms with Crippen LogP contribution in [-0.2, 0) is 32.2 Å². The highest BCUT2D eigenvalue weighted by Gasteiger charge is 2.51. The van der Waals surface area contributed by atoms with Crippen molar-refractivity contribution in [1.29, 1.82) is 0 Å². The summed E-state index contributed by atoms with van der Waals surface area (Å²) in [6, 6.07) is 25.8. The third-order valence-corrected chi connectivity index (χ3v) is 7.41. The zero-order valence-corrected chi connectivity index (χ0v) is 22.8. The zero-order chi connectivity index (χ0) is 27.7. The predicted molar refractivity (Wildman–Crippen MR) is 149 cm³/mol. The average molecular weight is 548 g/mol. The van der Waals surface area contributed by atoms with Crippen molar-refractivity contribution >= 4 is 6.09 Å². The number of benzene rings is 3. The Kier molecular flexibility index (Phi) is 9.67. The van der Waals surface area contributed by atoms with Crippen molar-refractivity contribution in [2.75, 3.05) is 20.3 Å². The Morgan fingerprint density at radius 2 is 1.62 bits per heavy atom. The Hall–Kier alpha value is -3.43. The number of methoxy groups -OCH3 is 1. The molecule has 0 radical (unpaired) electrons. The van der Waals surface area contributed by atoms with Crippen molar-refractivity contribution < 1.29 is 33.6 Å². The molecule has 1 N–H and O–H groups in total. The quantitative estimate of drug-likeness (QED) is 0.371. The summed E-state index contributed by atoms with van der Waals surface area (Å²) in [5, 5.41) is 11.7. The van der Waals surface area contributed by atoms with Gasteiger partial charge in [-0.25, -0.2) is 4.79 Å². The molecule has 2 saturated heterocycles. The first-order chi connectivity index (χ1) is 19.6. The summed E-state index contributed by atoms with van der Waals surface area (Å²) >= 11 is 0. The van der Waals surface area contributed by atoms with Crippen molar-refractivity contribution in [2.45, 2.75) is 63.1 Å². The van der Waals surface area contributed by atoms with Crippen molar-refractivity contribution in [3.05, 3.63) is 102 Å². The number of likely N-dealkylation sites (tertiary alicyclic amines) is 1. The van der Waals surface area contributed by atoms with Gasteiger partial charge in [-0.15, -0.1) is 0 Å². The Morgan fingerprint density at radius 1 is 0.950 bits per heavy atom. The Balaban J connectivity index is 1.42. The Labute approximate surface area is 235 Å². The Morgan fingerprint density at radius 3 is 2.25 bits per heavy atom. The van der Waals surface area contributed by atoms with Crippen LogP contribution < -0.4 is 4.74 Å². The maximum atomic E-state index is 13.6. The molecule has 212 valence electrons. The van der Waals surface area contributed by atoms with E-state index in [1.54, 1.807) is 36.3 Å². The van der Waals surface area contributed by atoms with Gasteiger partial charge in [-0.2, -0.15) is 0 Å². The number of carbonyl (C=O) groups is 1. The third kappa shape index (κ3) is 7.01. The fourth-order valence-electron chi connectivity index (χ4n) is 5.25. The molecular formula is C32H37NO7. The minimum absolute atomic E-state index is 0.119. The summed E-state index contributed by atoms with van der Waals surface area (Å²) in [7, 11) is 1.59. The van der Waals surface area contributed by atoms with E-state index in [9.17, 15) is 9.90 Å². The fraction of sp³-hybridized carbons (Fsp3) is 0.406. The van der Waals surface area contributed by atoms with Crippen LogP contribution in [0, 0.1) is 0 Å². The Bertz CT molecular complexity index is 1180. The molecule has 0 saturated carbocycles. The summed E-state index contributed by atoms with van der Waals surface area (Å²) < 4.78 is 29.8. The predicted octanol–water partition coefficient (Wildman–Crippen LogP) is 5.25. The second-order valence-electron chi connectivity index (χ2n) is 10.1. The van der Waals surface area contributed by atoms with Crippen molar-refractivity contribution in [3.8, 4) is 5.75 Å². The average Bonchev–Trinajstić information content (AvgIpc) is 3.37. The molecule has 1 unspecified atom stereocenters. The second kappa shape index (κ2) is 13.8. The van der Waals surface area contributed by atoms with Gasteiger partial charge in [0, 0.05) is 6.61 Å². The van der Waals surface area contributed by atoms with E-state index in [0.29, 0.717) is 24.5 Å². The van der Waals surface area contributed by atoms with E-state index in [0.717, 1.165) is 30.4 Å². The van der Waals surface area contributed by atoms with E-state index >= 15 is 0 Å². The lowest BCUT2D eigenvalue weighted by atomic mass is 9.97. The van der Waals surface area contributed by atoms with E-state index in [2.05, 4.69) is 0 Å².